The molecule has 1 N–H and O–H groups in total. The minimum atomic E-state index is -0.371. The number of carbonyl (C=O) groups excluding carboxylic acids is 1. The van der Waals surface area contributed by atoms with Crippen molar-refractivity contribution in [2.45, 2.75) is 13.0 Å². The Kier molecular flexibility index (Phi) is 4.69. The Morgan fingerprint density at radius 2 is 2.32 bits per heavy atom. The van der Waals surface area contributed by atoms with E-state index < -0.39 is 0 Å². The molecule has 0 spiro atoms. The molecule has 2 heterocycles. The first-order chi connectivity index (χ1) is 9.29. The number of rotatable bonds is 6. The number of furan rings is 1. The van der Waals surface area contributed by atoms with Crippen molar-refractivity contribution < 1.29 is 13.9 Å². The molecular weight excluding hydrogens is 244 g/mol. The minimum Gasteiger partial charge on any atom is -0.469 e. The minimum absolute atomic E-state index is 0.371. The van der Waals surface area contributed by atoms with Gasteiger partial charge in [-0.15, -0.1) is 0 Å². The molecule has 0 atom stereocenters. The zero-order valence-electron chi connectivity index (χ0n) is 10.8. The summed E-state index contributed by atoms with van der Waals surface area (Å²) in [6.07, 6.45) is 4.03. The molecule has 5 nitrogen and oxygen atoms in total. The van der Waals surface area contributed by atoms with Gasteiger partial charge in [0, 0.05) is 25.7 Å². The van der Waals surface area contributed by atoms with E-state index in [1.807, 2.05) is 18.2 Å². The Bertz CT molecular complexity index is 506. The first kappa shape index (κ1) is 13.3. The molecule has 100 valence electrons. The van der Waals surface area contributed by atoms with E-state index in [0.29, 0.717) is 12.1 Å². The third-order valence-electron chi connectivity index (χ3n) is 2.68. The Hall–Kier alpha value is -2.14. The fraction of sp³-hybridized carbons (Fsp3) is 0.286. The average Bonchev–Trinajstić information content (AvgIpc) is 2.96. The third-order valence-corrected chi connectivity index (χ3v) is 2.68. The van der Waals surface area contributed by atoms with Crippen LogP contribution in [-0.2, 0) is 17.7 Å². The summed E-state index contributed by atoms with van der Waals surface area (Å²) in [4.78, 5) is 15.4. The number of aromatic nitrogens is 1. The van der Waals surface area contributed by atoms with Gasteiger partial charge in [0.1, 0.15) is 5.76 Å². The molecule has 0 bridgehead atoms. The second-order valence-corrected chi connectivity index (χ2v) is 4.04. The van der Waals surface area contributed by atoms with Crippen molar-refractivity contribution in [2.24, 2.45) is 0 Å². The summed E-state index contributed by atoms with van der Waals surface area (Å²) < 4.78 is 9.84. The lowest BCUT2D eigenvalue weighted by atomic mass is 10.2. The fourth-order valence-corrected chi connectivity index (χ4v) is 1.65. The highest BCUT2D eigenvalue weighted by molar-refractivity contribution is 5.88. The van der Waals surface area contributed by atoms with Gasteiger partial charge in [0.05, 0.1) is 24.6 Å². The molecule has 0 saturated carbocycles. The molecular formula is C14H16N2O3. The van der Waals surface area contributed by atoms with Crippen LogP contribution in [0.5, 0.6) is 0 Å². The Morgan fingerprint density at radius 3 is 2.95 bits per heavy atom. The summed E-state index contributed by atoms with van der Waals surface area (Å²) in [6.45, 7) is 1.47. The number of hydrogen-bond donors (Lipinski definition) is 1. The van der Waals surface area contributed by atoms with E-state index in [2.05, 4.69) is 15.0 Å². The monoisotopic (exact) mass is 260 g/mol. The van der Waals surface area contributed by atoms with E-state index in [-0.39, 0.29) is 5.97 Å². The topological polar surface area (TPSA) is 64.4 Å². The van der Waals surface area contributed by atoms with Crippen LogP contribution in [0.25, 0.3) is 0 Å². The van der Waals surface area contributed by atoms with E-state index in [1.165, 1.54) is 13.3 Å². The zero-order valence-corrected chi connectivity index (χ0v) is 10.8. The van der Waals surface area contributed by atoms with Crippen molar-refractivity contribution in [3.63, 3.8) is 0 Å². The summed E-state index contributed by atoms with van der Waals surface area (Å²) in [5, 5.41) is 3.26. The van der Waals surface area contributed by atoms with Gasteiger partial charge in [0.25, 0.3) is 0 Å². The SMILES string of the molecule is COC(=O)c1ccc(CNCCc2ccco2)nc1. The molecule has 2 aromatic heterocycles. The van der Waals surface area contributed by atoms with E-state index in [1.54, 1.807) is 12.3 Å². The largest absolute Gasteiger partial charge is 0.469 e. The van der Waals surface area contributed by atoms with Gasteiger partial charge in [0.2, 0.25) is 0 Å². The first-order valence-electron chi connectivity index (χ1n) is 6.06. The maximum absolute atomic E-state index is 11.2. The normalized spacial score (nSPS) is 10.4. The Morgan fingerprint density at radius 1 is 1.42 bits per heavy atom. The van der Waals surface area contributed by atoms with Crippen LogP contribution >= 0.6 is 0 Å². The van der Waals surface area contributed by atoms with Crippen molar-refractivity contribution in [3.8, 4) is 0 Å². The lowest BCUT2D eigenvalue weighted by Crippen LogP contribution is -2.17. The summed E-state index contributed by atoms with van der Waals surface area (Å²) in [7, 11) is 1.35. The van der Waals surface area contributed by atoms with Crippen LogP contribution in [0.3, 0.4) is 0 Å². The zero-order chi connectivity index (χ0) is 13.5. The molecule has 5 heteroatoms. The smallest absolute Gasteiger partial charge is 0.339 e. The maximum Gasteiger partial charge on any atom is 0.339 e. The molecule has 0 radical (unpaired) electrons. The third kappa shape index (κ3) is 3.93. The molecule has 0 fully saturated rings. The highest BCUT2D eigenvalue weighted by Gasteiger charge is 2.05. The molecule has 0 amide bonds. The van der Waals surface area contributed by atoms with E-state index in [0.717, 1.165) is 24.4 Å². The lowest BCUT2D eigenvalue weighted by molar-refractivity contribution is 0.0600. The molecule has 0 aliphatic rings. The number of ether oxygens (including phenoxy) is 1. The van der Waals surface area contributed by atoms with Gasteiger partial charge >= 0.3 is 5.97 Å². The molecule has 0 aromatic carbocycles. The number of nitrogens with one attached hydrogen (secondary N) is 1. The van der Waals surface area contributed by atoms with Crippen molar-refractivity contribution in [1.29, 1.82) is 0 Å². The van der Waals surface area contributed by atoms with E-state index >= 15 is 0 Å². The second kappa shape index (κ2) is 6.70. The average molecular weight is 260 g/mol. The Labute approximate surface area is 111 Å². The van der Waals surface area contributed by atoms with Gasteiger partial charge in [-0.2, -0.15) is 0 Å². The van der Waals surface area contributed by atoms with Crippen LogP contribution in [0.15, 0.2) is 41.1 Å². The van der Waals surface area contributed by atoms with Crippen molar-refractivity contribution in [2.75, 3.05) is 13.7 Å². The molecule has 0 unspecified atom stereocenters. The molecule has 19 heavy (non-hydrogen) atoms. The number of pyridine rings is 1. The summed E-state index contributed by atoms with van der Waals surface area (Å²) in [5.41, 5.74) is 1.34. The number of esters is 1. The van der Waals surface area contributed by atoms with Crippen molar-refractivity contribution >= 4 is 5.97 Å². The van der Waals surface area contributed by atoms with E-state index in [9.17, 15) is 4.79 Å². The molecule has 2 aromatic rings. The highest BCUT2D eigenvalue weighted by Crippen LogP contribution is 2.02. The highest BCUT2D eigenvalue weighted by atomic mass is 16.5. The van der Waals surface area contributed by atoms with Crippen LogP contribution in [-0.4, -0.2) is 24.6 Å². The fourth-order valence-electron chi connectivity index (χ4n) is 1.65. The number of hydrogen-bond acceptors (Lipinski definition) is 5. The van der Waals surface area contributed by atoms with Gasteiger partial charge < -0.3 is 14.5 Å². The summed E-state index contributed by atoms with van der Waals surface area (Å²) in [5.74, 6) is 0.589. The molecule has 0 saturated heterocycles. The quantitative estimate of drug-likeness (QED) is 0.633. The predicted molar refractivity (Wildman–Crippen MR) is 69.7 cm³/mol. The first-order valence-corrected chi connectivity index (χ1v) is 6.06. The predicted octanol–water partition coefficient (Wildman–Crippen LogP) is 1.79. The van der Waals surface area contributed by atoms with Gasteiger partial charge in [0.15, 0.2) is 0 Å². The lowest BCUT2D eigenvalue weighted by Gasteiger charge is -2.04. The van der Waals surface area contributed by atoms with Crippen molar-refractivity contribution in [1.82, 2.24) is 10.3 Å². The number of carbonyl (C=O) groups is 1. The Balaban J connectivity index is 1.75. The van der Waals surface area contributed by atoms with Gasteiger partial charge in [-0.1, -0.05) is 0 Å². The molecule has 0 aliphatic heterocycles. The number of methoxy groups -OCH3 is 1. The van der Waals surface area contributed by atoms with Crippen molar-refractivity contribution in [3.05, 3.63) is 53.7 Å². The maximum atomic E-state index is 11.2. The molecule has 2 rings (SSSR count). The standard InChI is InChI=1S/C14H16N2O3/c1-18-14(17)11-4-5-12(16-9-11)10-15-7-6-13-3-2-8-19-13/h2-5,8-9,15H,6-7,10H2,1H3. The van der Waals surface area contributed by atoms with Crippen LogP contribution in [0.1, 0.15) is 21.8 Å². The van der Waals surface area contributed by atoms with E-state index in [4.69, 9.17) is 4.42 Å². The summed E-state index contributed by atoms with van der Waals surface area (Å²) >= 11 is 0. The van der Waals surface area contributed by atoms with Crippen LogP contribution in [0.2, 0.25) is 0 Å². The van der Waals surface area contributed by atoms with Gasteiger partial charge in [-0.25, -0.2) is 4.79 Å². The van der Waals surface area contributed by atoms with Crippen LogP contribution < -0.4 is 5.32 Å². The van der Waals surface area contributed by atoms with Crippen LogP contribution in [0, 0.1) is 0 Å². The van der Waals surface area contributed by atoms with Gasteiger partial charge in [-0.3, -0.25) is 4.98 Å². The van der Waals surface area contributed by atoms with Crippen LogP contribution in [0.4, 0.5) is 0 Å². The number of nitrogens with zero attached hydrogens (tertiary/aromatic N) is 1. The molecule has 0 aliphatic carbocycles. The summed E-state index contributed by atoms with van der Waals surface area (Å²) in [6, 6.07) is 7.35. The second-order valence-electron chi connectivity index (χ2n) is 4.04. The van der Waals surface area contributed by atoms with Gasteiger partial charge in [-0.05, 0) is 24.3 Å².